The summed E-state index contributed by atoms with van der Waals surface area (Å²) < 4.78 is 11.6. The lowest BCUT2D eigenvalue weighted by Crippen LogP contribution is -2.29. The number of unbranched alkanes of at least 4 members (excludes halogenated alkanes) is 3. The molecular formula is C29H32N2O5S. The number of thiazole rings is 1. The molecule has 0 spiro atoms. The van der Waals surface area contributed by atoms with Crippen molar-refractivity contribution in [1.82, 2.24) is 4.98 Å². The van der Waals surface area contributed by atoms with Gasteiger partial charge in [0.15, 0.2) is 5.13 Å². The molecule has 2 aromatic carbocycles. The zero-order valence-corrected chi connectivity index (χ0v) is 22.0. The highest BCUT2D eigenvalue weighted by Gasteiger charge is 2.48. The average molecular weight is 521 g/mol. The van der Waals surface area contributed by atoms with Gasteiger partial charge in [-0.3, -0.25) is 14.5 Å². The van der Waals surface area contributed by atoms with Crippen molar-refractivity contribution in [2.24, 2.45) is 0 Å². The van der Waals surface area contributed by atoms with E-state index < -0.39 is 17.7 Å². The number of Topliss-reactive ketones (excluding diaryl/α,β-unsaturated/α-hetero) is 1. The van der Waals surface area contributed by atoms with Gasteiger partial charge in [0.05, 0.1) is 24.8 Å². The van der Waals surface area contributed by atoms with E-state index in [4.69, 9.17) is 9.47 Å². The van der Waals surface area contributed by atoms with Crippen LogP contribution in [0, 0.1) is 0 Å². The summed E-state index contributed by atoms with van der Waals surface area (Å²) in [5, 5.41) is 13.5. The van der Waals surface area contributed by atoms with Crippen molar-refractivity contribution in [1.29, 1.82) is 0 Å². The Morgan fingerprint density at radius 3 is 2.41 bits per heavy atom. The van der Waals surface area contributed by atoms with Gasteiger partial charge in [0.2, 0.25) is 0 Å². The van der Waals surface area contributed by atoms with Crippen molar-refractivity contribution in [3.63, 3.8) is 0 Å². The smallest absolute Gasteiger partial charge is 0.301 e. The van der Waals surface area contributed by atoms with Crippen LogP contribution in [-0.4, -0.2) is 35.0 Å². The molecule has 3 aromatic rings. The number of anilines is 1. The summed E-state index contributed by atoms with van der Waals surface area (Å²) in [4.78, 5) is 32.1. The molecule has 0 saturated carbocycles. The van der Waals surface area contributed by atoms with Crippen LogP contribution in [0.4, 0.5) is 5.13 Å². The highest BCUT2D eigenvalue weighted by molar-refractivity contribution is 7.14. The van der Waals surface area contributed by atoms with Crippen LogP contribution in [0.1, 0.15) is 63.1 Å². The molecule has 1 unspecified atom stereocenters. The maximum absolute atomic E-state index is 13.3. The SMILES string of the molecule is CCCCCOc1ccc(C2C(=C(O)c3cccc(OCCCC)c3)C(=O)C(=O)N2c2nccs2)cc1. The number of nitrogens with zero attached hydrogens (tertiary/aromatic N) is 2. The summed E-state index contributed by atoms with van der Waals surface area (Å²) in [6.07, 6.45) is 6.69. The molecule has 37 heavy (non-hydrogen) atoms. The van der Waals surface area contributed by atoms with E-state index in [2.05, 4.69) is 18.8 Å². The molecule has 194 valence electrons. The van der Waals surface area contributed by atoms with E-state index in [1.54, 1.807) is 35.8 Å². The Morgan fingerprint density at radius 1 is 0.973 bits per heavy atom. The first-order valence-electron chi connectivity index (χ1n) is 12.7. The Morgan fingerprint density at radius 2 is 1.70 bits per heavy atom. The molecular weight excluding hydrogens is 488 g/mol. The maximum atomic E-state index is 13.3. The third-order valence-corrected chi connectivity index (χ3v) is 6.93. The van der Waals surface area contributed by atoms with Crippen LogP contribution in [-0.2, 0) is 9.59 Å². The molecule has 1 amide bonds. The fourth-order valence-electron chi connectivity index (χ4n) is 4.19. The van der Waals surface area contributed by atoms with Crippen LogP contribution in [0.25, 0.3) is 5.76 Å². The number of amides is 1. The topological polar surface area (TPSA) is 89.0 Å². The van der Waals surface area contributed by atoms with Crippen molar-refractivity contribution < 1.29 is 24.2 Å². The lowest BCUT2D eigenvalue weighted by Gasteiger charge is -2.23. The number of aromatic nitrogens is 1. The van der Waals surface area contributed by atoms with E-state index in [1.165, 1.54) is 16.2 Å². The third-order valence-electron chi connectivity index (χ3n) is 6.16. The molecule has 1 aliphatic heterocycles. The summed E-state index contributed by atoms with van der Waals surface area (Å²) in [5.41, 5.74) is 1.10. The molecule has 1 fully saturated rings. The highest BCUT2D eigenvalue weighted by atomic mass is 32.1. The molecule has 1 atom stereocenters. The molecule has 0 radical (unpaired) electrons. The van der Waals surface area contributed by atoms with Gasteiger partial charge in [0.1, 0.15) is 17.3 Å². The monoisotopic (exact) mass is 520 g/mol. The first-order chi connectivity index (χ1) is 18.0. The Balaban J connectivity index is 1.71. The number of hydrogen-bond acceptors (Lipinski definition) is 7. The van der Waals surface area contributed by atoms with Crippen LogP contribution >= 0.6 is 11.3 Å². The van der Waals surface area contributed by atoms with E-state index in [9.17, 15) is 14.7 Å². The number of ketones is 1. The van der Waals surface area contributed by atoms with E-state index >= 15 is 0 Å². The van der Waals surface area contributed by atoms with Crippen molar-refractivity contribution in [3.05, 3.63) is 76.8 Å². The minimum Gasteiger partial charge on any atom is -0.507 e. The number of aliphatic hydroxyl groups excluding tert-OH is 1. The zero-order valence-electron chi connectivity index (χ0n) is 21.2. The minimum absolute atomic E-state index is 0.0162. The third kappa shape index (κ3) is 6.02. The number of hydrogen-bond donors (Lipinski definition) is 1. The Bertz CT molecular complexity index is 1240. The summed E-state index contributed by atoms with van der Waals surface area (Å²) >= 11 is 1.26. The second kappa shape index (κ2) is 12.5. The predicted molar refractivity (Wildman–Crippen MR) is 145 cm³/mol. The molecule has 0 bridgehead atoms. The lowest BCUT2D eigenvalue weighted by molar-refractivity contribution is -0.132. The summed E-state index contributed by atoms with van der Waals surface area (Å²) in [6, 6.07) is 13.4. The van der Waals surface area contributed by atoms with Gasteiger partial charge in [-0.25, -0.2) is 4.98 Å². The van der Waals surface area contributed by atoms with E-state index in [1.807, 2.05) is 24.3 Å². The Labute approximate surface area is 221 Å². The molecule has 1 saturated heterocycles. The number of rotatable bonds is 12. The van der Waals surface area contributed by atoms with Gasteiger partial charge in [-0.05, 0) is 42.7 Å². The summed E-state index contributed by atoms with van der Waals surface area (Å²) in [7, 11) is 0. The van der Waals surface area contributed by atoms with Crippen LogP contribution in [0.2, 0.25) is 0 Å². The highest BCUT2D eigenvalue weighted by Crippen LogP contribution is 2.43. The molecule has 4 rings (SSSR count). The number of carbonyl (C=O) groups excluding carboxylic acids is 2. The van der Waals surface area contributed by atoms with Gasteiger partial charge >= 0.3 is 5.91 Å². The van der Waals surface area contributed by atoms with Gasteiger partial charge < -0.3 is 14.6 Å². The number of carbonyl (C=O) groups is 2. The number of benzene rings is 2. The van der Waals surface area contributed by atoms with E-state index in [0.29, 0.717) is 41.0 Å². The molecule has 1 aromatic heterocycles. The standard InChI is InChI=1S/C29H32N2O5S/c1-3-5-7-17-35-22-13-11-20(12-14-22)25-24(27(33)28(34)31(25)29-30-15-18-37-29)26(32)21-9-8-10-23(19-21)36-16-6-4-2/h8-15,18-19,25,32H,3-7,16-17H2,1-2H3. The van der Waals surface area contributed by atoms with Gasteiger partial charge in [-0.15, -0.1) is 11.3 Å². The van der Waals surface area contributed by atoms with Crippen molar-refractivity contribution in [2.45, 2.75) is 52.0 Å². The fraction of sp³-hybridized carbons (Fsp3) is 0.345. The normalized spacial score (nSPS) is 16.8. The number of aliphatic hydroxyl groups is 1. The lowest BCUT2D eigenvalue weighted by atomic mass is 9.95. The average Bonchev–Trinajstić information content (AvgIpc) is 3.53. The van der Waals surface area contributed by atoms with Crippen LogP contribution < -0.4 is 14.4 Å². The fourth-order valence-corrected chi connectivity index (χ4v) is 4.86. The number of ether oxygens (including phenoxy) is 2. The van der Waals surface area contributed by atoms with Crippen LogP contribution in [0.3, 0.4) is 0 Å². The van der Waals surface area contributed by atoms with Crippen LogP contribution in [0.15, 0.2) is 65.7 Å². The van der Waals surface area contributed by atoms with E-state index in [-0.39, 0.29) is 11.3 Å². The second-order valence-corrected chi connectivity index (χ2v) is 9.71. The maximum Gasteiger partial charge on any atom is 0.301 e. The molecule has 1 aliphatic rings. The van der Waals surface area contributed by atoms with Crippen molar-refractivity contribution >= 4 is 33.9 Å². The van der Waals surface area contributed by atoms with Gasteiger partial charge in [-0.2, -0.15) is 0 Å². The van der Waals surface area contributed by atoms with Gasteiger partial charge in [-0.1, -0.05) is 57.4 Å². The van der Waals surface area contributed by atoms with Gasteiger partial charge in [0.25, 0.3) is 5.78 Å². The summed E-state index contributed by atoms with van der Waals surface area (Å²) in [5.74, 6) is -0.425. The van der Waals surface area contributed by atoms with Crippen molar-refractivity contribution in [3.8, 4) is 11.5 Å². The first kappa shape index (κ1) is 26.4. The van der Waals surface area contributed by atoms with Crippen LogP contribution in [0.5, 0.6) is 11.5 Å². The Kier molecular flexibility index (Phi) is 8.95. The summed E-state index contributed by atoms with van der Waals surface area (Å²) in [6.45, 7) is 5.41. The quantitative estimate of drug-likeness (QED) is 0.127. The van der Waals surface area contributed by atoms with Crippen molar-refractivity contribution in [2.75, 3.05) is 18.1 Å². The zero-order chi connectivity index (χ0) is 26.2. The first-order valence-corrected chi connectivity index (χ1v) is 13.6. The molecule has 0 aliphatic carbocycles. The molecule has 7 nitrogen and oxygen atoms in total. The second-order valence-electron chi connectivity index (χ2n) is 8.84. The minimum atomic E-state index is -0.829. The largest absolute Gasteiger partial charge is 0.507 e. The molecule has 1 N–H and O–H groups in total. The molecule has 8 heteroatoms. The van der Waals surface area contributed by atoms with Gasteiger partial charge in [0, 0.05) is 17.1 Å². The Hall–Kier alpha value is -3.65. The molecule has 2 heterocycles. The van der Waals surface area contributed by atoms with E-state index in [0.717, 1.165) is 32.1 Å². The predicted octanol–water partition coefficient (Wildman–Crippen LogP) is 6.52.